The first-order chi connectivity index (χ1) is 12.6. The molecule has 0 bridgehead atoms. The van der Waals surface area contributed by atoms with Crippen LogP contribution in [0.1, 0.15) is 17.2 Å². The number of benzene rings is 2. The Morgan fingerprint density at radius 1 is 1.12 bits per heavy atom. The summed E-state index contributed by atoms with van der Waals surface area (Å²) in [5.41, 5.74) is 3.44. The van der Waals surface area contributed by atoms with E-state index in [1.54, 1.807) is 6.08 Å². The van der Waals surface area contributed by atoms with Gasteiger partial charge in [0.15, 0.2) is 0 Å². The molecule has 4 nitrogen and oxygen atoms in total. The fraction of sp³-hybridized carbons (Fsp3) is 0.227. The smallest absolute Gasteiger partial charge is 0.244 e. The molecule has 0 saturated heterocycles. The van der Waals surface area contributed by atoms with E-state index in [-0.39, 0.29) is 11.9 Å². The van der Waals surface area contributed by atoms with Gasteiger partial charge in [-0.1, -0.05) is 48.5 Å². The number of amides is 1. The summed E-state index contributed by atoms with van der Waals surface area (Å²) in [6, 6.07) is 18.3. The Kier molecular flexibility index (Phi) is 5.54. The number of para-hydroxylation sites is 1. The van der Waals surface area contributed by atoms with Crippen LogP contribution in [0.2, 0.25) is 0 Å². The van der Waals surface area contributed by atoms with Crippen molar-refractivity contribution < 1.29 is 4.79 Å². The van der Waals surface area contributed by atoms with Gasteiger partial charge in [-0.05, 0) is 37.4 Å². The van der Waals surface area contributed by atoms with Crippen LogP contribution in [-0.2, 0) is 11.8 Å². The minimum atomic E-state index is -0.0825. The molecule has 0 spiro atoms. The van der Waals surface area contributed by atoms with Crippen LogP contribution in [0.15, 0.2) is 66.9 Å². The maximum Gasteiger partial charge on any atom is 0.244 e. The maximum absolute atomic E-state index is 12.2. The molecule has 134 valence electrons. The number of aromatic nitrogens is 1. The molecule has 3 aromatic rings. The fourth-order valence-electron chi connectivity index (χ4n) is 3.20. The van der Waals surface area contributed by atoms with Gasteiger partial charge in [0.25, 0.3) is 0 Å². The van der Waals surface area contributed by atoms with Crippen LogP contribution < -0.4 is 5.32 Å². The van der Waals surface area contributed by atoms with Crippen LogP contribution in [0.5, 0.6) is 0 Å². The molecule has 0 aliphatic carbocycles. The molecule has 0 aliphatic heterocycles. The summed E-state index contributed by atoms with van der Waals surface area (Å²) in [7, 11) is 6.14. The van der Waals surface area contributed by atoms with Gasteiger partial charge in [0, 0.05) is 36.8 Å². The summed E-state index contributed by atoms with van der Waals surface area (Å²) in [4.78, 5) is 14.4. The highest BCUT2D eigenvalue weighted by Gasteiger charge is 2.19. The molecule has 0 fully saturated rings. The monoisotopic (exact) mass is 347 g/mol. The van der Waals surface area contributed by atoms with E-state index >= 15 is 0 Å². The number of fused-ring (bicyclic) bond motifs is 1. The molecular formula is C22H25N3O. The SMILES string of the molecule is CN(C)C(CNC(=O)C=Cc1ccccc1)c1cn(C)c2ccccc12. The Balaban J connectivity index is 1.73. The third-order valence-electron chi connectivity index (χ3n) is 4.61. The summed E-state index contributed by atoms with van der Waals surface area (Å²) >= 11 is 0. The van der Waals surface area contributed by atoms with Gasteiger partial charge in [0.05, 0.1) is 6.04 Å². The van der Waals surface area contributed by atoms with E-state index in [1.807, 2.05) is 56.6 Å². The summed E-state index contributed by atoms with van der Waals surface area (Å²) in [6.07, 6.45) is 5.57. The van der Waals surface area contributed by atoms with Crippen molar-refractivity contribution in [1.82, 2.24) is 14.8 Å². The number of nitrogens with one attached hydrogen (secondary N) is 1. The van der Waals surface area contributed by atoms with E-state index in [0.717, 1.165) is 5.56 Å². The zero-order chi connectivity index (χ0) is 18.5. The van der Waals surface area contributed by atoms with Crippen LogP contribution in [0.25, 0.3) is 17.0 Å². The molecule has 1 atom stereocenters. The second-order valence-electron chi connectivity index (χ2n) is 6.68. The quantitative estimate of drug-likeness (QED) is 0.692. The van der Waals surface area contributed by atoms with Crippen molar-refractivity contribution in [3.63, 3.8) is 0 Å². The van der Waals surface area contributed by atoms with Crippen LogP contribution in [-0.4, -0.2) is 36.0 Å². The van der Waals surface area contributed by atoms with Gasteiger partial charge in [0.2, 0.25) is 5.91 Å². The van der Waals surface area contributed by atoms with Crippen molar-refractivity contribution in [3.8, 4) is 0 Å². The molecule has 0 saturated carbocycles. The standard InChI is InChI=1S/C22H25N3O/c1-24(2)21(19-16-25(3)20-12-8-7-11-18(19)20)15-23-22(26)14-13-17-9-5-4-6-10-17/h4-14,16,21H,15H2,1-3H3,(H,23,26). The molecule has 4 heteroatoms. The molecule has 3 rings (SSSR count). The zero-order valence-electron chi connectivity index (χ0n) is 15.5. The summed E-state index contributed by atoms with van der Waals surface area (Å²) in [5.74, 6) is -0.0825. The van der Waals surface area contributed by atoms with Gasteiger partial charge in [-0.3, -0.25) is 4.79 Å². The molecule has 1 heterocycles. The third-order valence-corrected chi connectivity index (χ3v) is 4.61. The van der Waals surface area contributed by atoms with Crippen LogP contribution in [0, 0.1) is 0 Å². The lowest BCUT2D eigenvalue weighted by Gasteiger charge is -2.24. The van der Waals surface area contributed by atoms with E-state index in [9.17, 15) is 4.79 Å². The lowest BCUT2D eigenvalue weighted by Crippen LogP contribution is -2.33. The first-order valence-corrected chi connectivity index (χ1v) is 8.77. The van der Waals surface area contributed by atoms with Crippen LogP contribution in [0.4, 0.5) is 0 Å². The number of likely N-dealkylation sites (N-methyl/N-ethyl adjacent to an activating group) is 1. The van der Waals surface area contributed by atoms with Crippen molar-refractivity contribution in [2.24, 2.45) is 7.05 Å². The van der Waals surface area contributed by atoms with Gasteiger partial charge in [0.1, 0.15) is 0 Å². The summed E-state index contributed by atoms with van der Waals surface area (Å²) in [6.45, 7) is 0.555. The molecule has 2 aromatic carbocycles. The molecule has 1 amide bonds. The number of hydrogen-bond donors (Lipinski definition) is 1. The minimum absolute atomic E-state index is 0.0825. The molecule has 1 unspecified atom stereocenters. The Hall–Kier alpha value is -2.85. The normalized spacial score (nSPS) is 12.8. The van der Waals surface area contributed by atoms with Crippen LogP contribution in [0.3, 0.4) is 0 Å². The van der Waals surface area contributed by atoms with E-state index in [4.69, 9.17) is 0 Å². The summed E-state index contributed by atoms with van der Waals surface area (Å²) in [5, 5.41) is 4.25. The highest BCUT2D eigenvalue weighted by molar-refractivity contribution is 5.91. The zero-order valence-corrected chi connectivity index (χ0v) is 15.5. The van der Waals surface area contributed by atoms with Gasteiger partial charge < -0.3 is 14.8 Å². The number of aryl methyl sites for hydroxylation is 1. The predicted octanol–water partition coefficient (Wildman–Crippen LogP) is 3.61. The Bertz CT molecular complexity index is 910. The molecule has 1 aromatic heterocycles. The second kappa shape index (κ2) is 8.02. The Morgan fingerprint density at radius 2 is 1.81 bits per heavy atom. The van der Waals surface area contributed by atoms with Gasteiger partial charge in [-0.15, -0.1) is 0 Å². The Labute approximate surface area is 154 Å². The van der Waals surface area contributed by atoms with Crippen molar-refractivity contribution >= 4 is 22.9 Å². The predicted molar refractivity (Wildman–Crippen MR) is 108 cm³/mol. The maximum atomic E-state index is 12.2. The lowest BCUT2D eigenvalue weighted by atomic mass is 10.0. The number of rotatable bonds is 6. The molecule has 1 N–H and O–H groups in total. The second-order valence-corrected chi connectivity index (χ2v) is 6.68. The molecule has 26 heavy (non-hydrogen) atoms. The average Bonchev–Trinajstić information content (AvgIpc) is 2.98. The van der Waals surface area contributed by atoms with Crippen LogP contribution >= 0.6 is 0 Å². The van der Waals surface area contributed by atoms with E-state index in [0.29, 0.717) is 6.54 Å². The van der Waals surface area contributed by atoms with Gasteiger partial charge in [-0.2, -0.15) is 0 Å². The highest BCUT2D eigenvalue weighted by atomic mass is 16.1. The topological polar surface area (TPSA) is 37.3 Å². The third kappa shape index (κ3) is 4.03. The lowest BCUT2D eigenvalue weighted by molar-refractivity contribution is -0.116. The largest absolute Gasteiger partial charge is 0.351 e. The molecular weight excluding hydrogens is 322 g/mol. The first-order valence-electron chi connectivity index (χ1n) is 8.77. The summed E-state index contributed by atoms with van der Waals surface area (Å²) < 4.78 is 2.14. The van der Waals surface area contributed by atoms with E-state index in [1.165, 1.54) is 16.5 Å². The van der Waals surface area contributed by atoms with E-state index in [2.05, 4.69) is 46.2 Å². The number of carbonyl (C=O) groups excluding carboxylic acids is 1. The minimum Gasteiger partial charge on any atom is -0.351 e. The number of hydrogen-bond acceptors (Lipinski definition) is 2. The van der Waals surface area contributed by atoms with Gasteiger partial charge >= 0.3 is 0 Å². The van der Waals surface area contributed by atoms with Crippen molar-refractivity contribution in [2.45, 2.75) is 6.04 Å². The van der Waals surface area contributed by atoms with Crippen molar-refractivity contribution in [2.75, 3.05) is 20.6 Å². The molecule has 0 aliphatic rings. The Morgan fingerprint density at radius 3 is 2.54 bits per heavy atom. The van der Waals surface area contributed by atoms with Gasteiger partial charge in [-0.25, -0.2) is 0 Å². The van der Waals surface area contributed by atoms with E-state index < -0.39 is 0 Å². The average molecular weight is 347 g/mol. The fourth-order valence-corrected chi connectivity index (χ4v) is 3.20. The highest BCUT2D eigenvalue weighted by Crippen LogP contribution is 2.28. The molecule has 0 radical (unpaired) electrons. The van der Waals surface area contributed by atoms with Crippen molar-refractivity contribution in [1.29, 1.82) is 0 Å². The first kappa shape index (κ1) is 18.0. The number of nitrogens with zero attached hydrogens (tertiary/aromatic N) is 2. The number of carbonyl (C=O) groups is 1. The van der Waals surface area contributed by atoms with Crippen molar-refractivity contribution in [3.05, 3.63) is 78.0 Å².